The van der Waals surface area contributed by atoms with E-state index in [2.05, 4.69) is 5.32 Å². The van der Waals surface area contributed by atoms with Gasteiger partial charge in [0.05, 0.1) is 7.11 Å². The highest BCUT2D eigenvalue weighted by molar-refractivity contribution is 5.37. The average molecular weight is 237 g/mol. The molecule has 1 saturated carbocycles. The third-order valence-electron chi connectivity index (χ3n) is 3.72. The molecule has 17 heavy (non-hydrogen) atoms. The van der Waals surface area contributed by atoms with Crippen LogP contribution in [0.1, 0.15) is 37.3 Å². The summed E-state index contributed by atoms with van der Waals surface area (Å²) in [6.45, 7) is 0. The number of benzene rings is 1. The van der Waals surface area contributed by atoms with Crippen LogP contribution in [0.5, 0.6) is 5.75 Å². The topological polar surface area (TPSA) is 21.3 Å². The molecule has 0 aromatic heterocycles. The van der Waals surface area contributed by atoms with Gasteiger partial charge in [0.25, 0.3) is 0 Å². The number of methoxy groups -OCH3 is 1. The number of nitrogens with one attached hydrogen (secondary N) is 1. The third-order valence-corrected chi connectivity index (χ3v) is 3.72. The van der Waals surface area contributed by atoms with Gasteiger partial charge in [-0.1, -0.05) is 25.3 Å². The predicted octanol–water partition coefficient (Wildman–Crippen LogP) is 3.29. The molecule has 0 saturated heterocycles. The summed E-state index contributed by atoms with van der Waals surface area (Å²) in [5, 5.41) is 3.21. The SMILES string of the molecule is CNC(CC1CCC1)c1c(F)cccc1OC. The van der Waals surface area contributed by atoms with Gasteiger partial charge in [0.15, 0.2) is 0 Å². The van der Waals surface area contributed by atoms with E-state index in [9.17, 15) is 4.39 Å². The van der Waals surface area contributed by atoms with Crippen molar-refractivity contribution >= 4 is 0 Å². The van der Waals surface area contributed by atoms with Crippen LogP contribution in [0.25, 0.3) is 0 Å². The second-order valence-electron chi connectivity index (χ2n) is 4.73. The summed E-state index contributed by atoms with van der Waals surface area (Å²) in [5.74, 6) is 1.20. The molecule has 1 aliphatic carbocycles. The van der Waals surface area contributed by atoms with E-state index < -0.39 is 0 Å². The van der Waals surface area contributed by atoms with Crippen molar-refractivity contribution < 1.29 is 9.13 Å². The van der Waals surface area contributed by atoms with Gasteiger partial charge in [-0.15, -0.1) is 0 Å². The average Bonchev–Trinajstić information content (AvgIpc) is 2.29. The summed E-state index contributed by atoms with van der Waals surface area (Å²) in [6, 6.07) is 5.07. The van der Waals surface area contributed by atoms with E-state index in [4.69, 9.17) is 4.74 Å². The van der Waals surface area contributed by atoms with Crippen LogP contribution in [0.15, 0.2) is 18.2 Å². The molecule has 2 nitrogen and oxygen atoms in total. The molecule has 0 aliphatic heterocycles. The van der Waals surface area contributed by atoms with E-state index in [0.717, 1.165) is 12.3 Å². The van der Waals surface area contributed by atoms with Crippen molar-refractivity contribution in [3.05, 3.63) is 29.6 Å². The monoisotopic (exact) mass is 237 g/mol. The van der Waals surface area contributed by atoms with Gasteiger partial charge in [-0.25, -0.2) is 4.39 Å². The molecule has 1 aromatic rings. The molecule has 0 spiro atoms. The molecule has 1 unspecified atom stereocenters. The number of rotatable bonds is 5. The summed E-state index contributed by atoms with van der Waals surface area (Å²) in [7, 11) is 3.48. The second-order valence-corrected chi connectivity index (χ2v) is 4.73. The minimum absolute atomic E-state index is 0.0523. The van der Waals surface area contributed by atoms with Crippen molar-refractivity contribution in [1.82, 2.24) is 5.32 Å². The molecule has 1 fully saturated rings. The zero-order chi connectivity index (χ0) is 12.3. The molecule has 1 atom stereocenters. The molecule has 0 heterocycles. The Balaban J connectivity index is 2.21. The Labute approximate surface area is 102 Å². The molecule has 0 bridgehead atoms. The fourth-order valence-electron chi connectivity index (χ4n) is 2.48. The van der Waals surface area contributed by atoms with E-state index in [1.165, 1.54) is 25.3 Å². The fraction of sp³-hybridized carbons (Fsp3) is 0.571. The first-order chi connectivity index (χ1) is 8.26. The molecule has 3 heteroatoms. The molecule has 1 N–H and O–H groups in total. The molecule has 0 amide bonds. The van der Waals surface area contributed by atoms with Crippen LogP contribution in [0.2, 0.25) is 0 Å². The molecule has 1 aromatic carbocycles. The number of hydrogen-bond donors (Lipinski definition) is 1. The van der Waals surface area contributed by atoms with Crippen LogP contribution in [-0.4, -0.2) is 14.2 Å². The van der Waals surface area contributed by atoms with Crippen LogP contribution < -0.4 is 10.1 Å². The minimum Gasteiger partial charge on any atom is -0.496 e. The lowest BCUT2D eigenvalue weighted by Gasteiger charge is -2.30. The lowest BCUT2D eigenvalue weighted by atomic mass is 9.79. The molecule has 94 valence electrons. The maximum atomic E-state index is 13.9. The maximum absolute atomic E-state index is 13.9. The van der Waals surface area contributed by atoms with Crippen LogP contribution in [0.3, 0.4) is 0 Å². The molecular weight excluding hydrogens is 217 g/mol. The largest absolute Gasteiger partial charge is 0.496 e. The summed E-state index contributed by atoms with van der Waals surface area (Å²) < 4.78 is 19.2. The van der Waals surface area contributed by atoms with Crippen molar-refractivity contribution in [1.29, 1.82) is 0 Å². The van der Waals surface area contributed by atoms with E-state index in [-0.39, 0.29) is 11.9 Å². The zero-order valence-corrected chi connectivity index (χ0v) is 10.5. The van der Waals surface area contributed by atoms with Crippen molar-refractivity contribution in [2.24, 2.45) is 5.92 Å². The van der Waals surface area contributed by atoms with Crippen LogP contribution in [0, 0.1) is 11.7 Å². The van der Waals surface area contributed by atoms with Crippen molar-refractivity contribution in [2.75, 3.05) is 14.2 Å². The molecule has 0 radical (unpaired) electrons. The normalized spacial score (nSPS) is 17.6. The molecular formula is C14H20FNO. The fourth-order valence-corrected chi connectivity index (χ4v) is 2.48. The Hall–Kier alpha value is -1.09. The molecule has 1 aliphatic rings. The highest BCUT2D eigenvalue weighted by Gasteiger charge is 2.25. The Morgan fingerprint density at radius 1 is 1.47 bits per heavy atom. The Bertz CT molecular complexity index is 376. The Kier molecular flexibility index (Phi) is 4.00. The van der Waals surface area contributed by atoms with Gasteiger partial charge < -0.3 is 10.1 Å². The quantitative estimate of drug-likeness (QED) is 0.848. The van der Waals surface area contributed by atoms with Crippen LogP contribution >= 0.6 is 0 Å². The summed E-state index contributed by atoms with van der Waals surface area (Å²) in [6.07, 6.45) is 4.85. The van der Waals surface area contributed by atoms with Gasteiger partial charge >= 0.3 is 0 Å². The van der Waals surface area contributed by atoms with Crippen molar-refractivity contribution in [3.63, 3.8) is 0 Å². The second kappa shape index (κ2) is 5.50. The van der Waals surface area contributed by atoms with Gasteiger partial charge in [0, 0.05) is 11.6 Å². The lowest BCUT2D eigenvalue weighted by molar-refractivity contribution is 0.260. The maximum Gasteiger partial charge on any atom is 0.131 e. The Morgan fingerprint density at radius 3 is 2.76 bits per heavy atom. The van der Waals surface area contributed by atoms with E-state index >= 15 is 0 Å². The van der Waals surface area contributed by atoms with E-state index in [1.807, 2.05) is 13.1 Å². The smallest absolute Gasteiger partial charge is 0.131 e. The summed E-state index contributed by atoms with van der Waals surface area (Å²) in [4.78, 5) is 0. The zero-order valence-electron chi connectivity index (χ0n) is 10.5. The highest BCUT2D eigenvalue weighted by Crippen LogP contribution is 2.37. The van der Waals surface area contributed by atoms with Crippen molar-refractivity contribution in [2.45, 2.75) is 31.7 Å². The van der Waals surface area contributed by atoms with Gasteiger partial charge in [0.2, 0.25) is 0 Å². The number of halogens is 1. The first-order valence-corrected chi connectivity index (χ1v) is 6.26. The highest BCUT2D eigenvalue weighted by atomic mass is 19.1. The predicted molar refractivity (Wildman–Crippen MR) is 66.7 cm³/mol. The third kappa shape index (κ3) is 2.60. The standard InChI is InChI=1S/C14H20FNO/c1-16-12(9-10-5-3-6-10)14-11(15)7-4-8-13(14)17-2/h4,7-8,10,12,16H,3,5-6,9H2,1-2H3. The van der Waals surface area contributed by atoms with Gasteiger partial charge in [-0.05, 0) is 31.5 Å². The summed E-state index contributed by atoms with van der Waals surface area (Å²) in [5.41, 5.74) is 0.671. The van der Waals surface area contributed by atoms with Crippen LogP contribution in [0.4, 0.5) is 4.39 Å². The van der Waals surface area contributed by atoms with E-state index in [1.54, 1.807) is 13.2 Å². The summed E-state index contributed by atoms with van der Waals surface area (Å²) >= 11 is 0. The van der Waals surface area contributed by atoms with Gasteiger partial charge in [-0.3, -0.25) is 0 Å². The molecule has 2 rings (SSSR count). The van der Waals surface area contributed by atoms with Crippen LogP contribution in [-0.2, 0) is 0 Å². The number of ether oxygens (including phenoxy) is 1. The van der Waals surface area contributed by atoms with Crippen molar-refractivity contribution in [3.8, 4) is 5.75 Å². The van der Waals surface area contributed by atoms with Gasteiger partial charge in [-0.2, -0.15) is 0 Å². The lowest BCUT2D eigenvalue weighted by Crippen LogP contribution is -2.24. The first-order valence-electron chi connectivity index (χ1n) is 6.26. The van der Waals surface area contributed by atoms with E-state index in [0.29, 0.717) is 11.3 Å². The minimum atomic E-state index is -0.178. The number of hydrogen-bond acceptors (Lipinski definition) is 2. The van der Waals surface area contributed by atoms with Gasteiger partial charge in [0.1, 0.15) is 11.6 Å². The Morgan fingerprint density at radius 2 is 2.24 bits per heavy atom. The first kappa shape index (κ1) is 12.4.